The Bertz CT molecular complexity index is 810. The molecule has 9 N–H and O–H groups in total. The number of carbonyl (C=O) groups is 3. The Morgan fingerprint density at radius 3 is 1.19 bits per heavy atom. The lowest BCUT2D eigenvalue weighted by Crippen LogP contribution is -2.38. The average Bonchev–Trinajstić information content (AvgIpc) is 2.77. The zero-order valence-corrected chi connectivity index (χ0v) is 22.4. The van der Waals surface area contributed by atoms with E-state index in [0.29, 0.717) is 27.5 Å². The molecule has 0 aromatic rings. The van der Waals surface area contributed by atoms with E-state index < -0.39 is 30.2 Å². The number of hydrogen-bond donors (Lipinski definition) is 6. The van der Waals surface area contributed by atoms with Crippen LogP contribution in [0.5, 0.6) is 0 Å². The number of carbonyl (C=O) groups excluding carboxylic acids is 3. The summed E-state index contributed by atoms with van der Waals surface area (Å²) in [6.45, 7) is 15.0. The summed E-state index contributed by atoms with van der Waals surface area (Å²) in [5.41, 5.74) is 14.4. The Hall–Kier alpha value is -3.63. The van der Waals surface area contributed by atoms with E-state index in [1.807, 2.05) is 41.5 Å². The molecule has 0 aliphatic rings. The largest absolute Gasteiger partial charge is 0.350 e. The highest BCUT2D eigenvalue weighted by atomic mass is 16.5. The van der Waals surface area contributed by atoms with Gasteiger partial charge in [-0.15, -0.1) is 11.8 Å². The third-order valence-corrected chi connectivity index (χ3v) is 3.44. The summed E-state index contributed by atoms with van der Waals surface area (Å²) in [5, 5.41) is 28.0. The highest BCUT2D eigenvalue weighted by molar-refractivity contribution is 5.71. The highest BCUT2D eigenvalue weighted by Gasteiger charge is 2.12. The van der Waals surface area contributed by atoms with Crippen molar-refractivity contribution in [3.8, 4) is 35.5 Å². The summed E-state index contributed by atoms with van der Waals surface area (Å²) in [7, 11) is 0. The maximum Gasteiger partial charge on any atom is 0.339 e. The van der Waals surface area contributed by atoms with E-state index in [2.05, 4.69) is 35.5 Å². The molecule has 6 amide bonds. The second-order valence-corrected chi connectivity index (χ2v) is 8.29. The van der Waals surface area contributed by atoms with E-state index >= 15 is 0 Å². The molecular weight excluding hydrogens is 468 g/mol. The lowest BCUT2D eigenvalue weighted by Gasteiger charge is -2.14. The van der Waals surface area contributed by atoms with Crippen molar-refractivity contribution < 1.29 is 30.0 Å². The molecule has 0 fully saturated rings. The number of nitrogens with zero attached hydrogens (tertiary/aromatic N) is 3. The number of rotatable bonds is 4. The second-order valence-electron chi connectivity index (χ2n) is 8.29. The smallest absolute Gasteiger partial charge is 0.339 e. The average molecular weight is 511 g/mol. The van der Waals surface area contributed by atoms with Gasteiger partial charge in [0.15, 0.2) is 0 Å². The Kier molecular flexibility index (Phi) is 21.3. The Morgan fingerprint density at radius 2 is 0.944 bits per heavy atom. The summed E-state index contributed by atoms with van der Waals surface area (Å²) in [6, 6.07) is -3.72. The van der Waals surface area contributed by atoms with Gasteiger partial charge in [0.1, 0.15) is 12.1 Å². The first-order valence-corrected chi connectivity index (χ1v) is 11.2. The van der Waals surface area contributed by atoms with Crippen LogP contribution in [0.4, 0.5) is 14.4 Å². The van der Waals surface area contributed by atoms with Crippen LogP contribution in [0.15, 0.2) is 0 Å². The first-order valence-electron chi connectivity index (χ1n) is 11.2. The molecule has 0 bridgehead atoms. The van der Waals surface area contributed by atoms with Gasteiger partial charge in [-0.1, -0.05) is 65.2 Å². The fourth-order valence-electron chi connectivity index (χ4n) is 1.63. The minimum atomic E-state index is -0.888. The Labute approximate surface area is 214 Å². The van der Waals surface area contributed by atoms with Gasteiger partial charge in [-0.25, -0.2) is 19.4 Å². The number of hydrogen-bond acceptors (Lipinski definition) is 6. The lowest BCUT2D eigenvalue weighted by atomic mass is 10.2. The summed E-state index contributed by atoms with van der Waals surface area (Å²) >= 11 is 0. The topological polar surface area (TPSA) is 200 Å². The van der Waals surface area contributed by atoms with Crippen molar-refractivity contribution in [1.29, 1.82) is 0 Å². The molecule has 0 aromatic heterocycles. The van der Waals surface area contributed by atoms with Crippen LogP contribution in [0.1, 0.15) is 61.8 Å². The molecule has 0 heterocycles. The molecule has 12 heteroatoms. The number of amides is 6. The quantitative estimate of drug-likeness (QED) is 0.190. The monoisotopic (exact) mass is 510 g/mol. The van der Waals surface area contributed by atoms with Crippen molar-refractivity contribution >= 4 is 18.1 Å². The minimum absolute atomic E-state index is 0.162. The van der Waals surface area contributed by atoms with Crippen molar-refractivity contribution in [2.24, 2.45) is 35.0 Å². The normalized spacial score (nSPS) is 10.8. The molecule has 12 nitrogen and oxygen atoms in total. The van der Waals surface area contributed by atoms with Crippen LogP contribution in [0.25, 0.3) is 0 Å². The first kappa shape index (κ1) is 36.9. The molecule has 204 valence electrons. The Morgan fingerprint density at radius 1 is 0.611 bits per heavy atom. The minimum Gasteiger partial charge on any atom is -0.350 e. The molecular formula is C24H42N6O6. The molecule has 2 atom stereocenters. The third-order valence-electron chi connectivity index (χ3n) is 3.44. The molecule has 0 spiro atoms. The SMILES string of the molecule is CC(C)C#CCCN(O)C(N)=O.CC(C)C#C[C@@H](C)N(O)C(N)=O.CC(C)C#C[C@H](C)N(O)C(N)=O. The summed E-state index contributed by atoms with van der Waals surface area (Å²) < 4.78 is 0. The van der Waals surface area contributed by atoms with Crippen LogP contribution in [0.2, 0.25) is 0 Å². The predicted octanol–water partition coefficient (Wildman–Crippen LogP) is 2.41. The Balaban J connectivity index is -0.000000454. The van der Waals surface area contributed by atoms with E-state index in [4.69, 9.17) is 32.8 Å². The molecule has 0 aliphatic heterocycles. The van der Waals surface area contributed by atoms with E-state index in [1.165, 1.54) is 0 Å². The standard InChI is InChI=1S/3C8H14N2O2/c2*1-6(2)4-5-7(3)10(12)8(9)11;1-7(2)5-3-4-6-10(12)8(9)11/h2*6-7,12H,1-3H3,(H2,9,11);7,12H,4,6H2,1-2H3,(H2,9,11)/t2*7-;/m10./s1. The van der Waals surface area contributed by atoms with Gasteiger partial charge in [-0.3, -0.25) is 15.6 Å². The van der Waals surface area contributed by atoms with Gasteiger partial charge in [0.05, 0.1) is 6.54 Å². The van der Waals surface area contributed by atoms with Gasteiger partial charge in [-0.05, 0) is 13.8 Å². The van der Waals surface area contributed by atoms with Crippen molar-refractivity contribution in [3.63, 3.8) is 0 Å². The molecule has 0 saturated heterocycles. The van der Waals surface area contributed by atoms with E-state index in [9.17, 15) is 14.4 Å². The zero-order valence-electron chi connectivity index (χ0n) is 22.4. The molecule has 0 aromatic carbocycles. The van der Waals surface area contributed by atoms with Crippen molar-refractivity contribution in [1.82, 2.24) is 15.2 Å². The fourth-order valence-corrected chi connectivity index (χ4v) is 1.63. The van der Waals surface area contributed by atoms with Crippen molar-refractivity contribution in [2.45, 2.75) is 73.9 Å². The maximum atomic E-state index is 10.4. The number of nitrogens with two attached hydrogens (primary N) is 3. The van der Waals surface area contributed by atoms with E-state index in [0.717, 1.165) is 0 Å². The van der Waals surface area contributed by atoms with E-state index in [1.54, 1.807) is 13.8 Å². The maximum absolute atomic E-state index is 10.4. The van der Waals surface area contributed by atoms with Crippen molar-refractivity contribution in [2.75, 3.05) is 6.54 Å². The van der Waals surface area contributed by atoms with Crippen LogP contribution in [0.3, 0.4) is 0 Å². The highest BCUT2D eigenvalue weighted by Crippen LogP contribution is 1.95. The lowest BCUT2D eigenvalue weighted by molar-refractivity contribution is -0.0537. The van der Waals surface area contributed by atoms with Gasteiger partial charge >= 0.3 is 18.1 Å². The van der Waals surface area contributed by atoms with E-state index in [-0.39, 0.29) is 18.4 Å². The number of urea groups is 3. The van der Waals surface area contributed by atoms with Crippen LogP contribution < -0.4 is 17.2 Å². The first-order chi connectivity index (χ1) is 16.4. The van der Waals surface area contributed by atoms with Gasteiger partial charge in [0.25, 0.3) is 0 Å². The summed E-state index contributed by atoms with van der Waals surface area (Å²) in [6.07, 6.45) is 0.442. The van der Waals surface area contributed by atoms with Crippen molar-refractivity contribution in [3.05, 3.63) is 0 Å². The fraction of sp³-hybridized carbons (Fsp3) is 0.625. The van der Waals surface area contributed by atoms with Gasteiger partial charge < -0.3 is 17.2 Å². The third kappa shape index (κ3) is 23.5. The van der Waals surface area contributed by atoms with Crippen LogP contribution in [0, 0.1) is 53.3 Å². The summed E-state index contributed by atoms with van der Waals surface area (Å²) in [5.74, 6) is 17.5. The molecule has 0 radical (unpaired) electrons. The van der Waals surface area contributed by atoms with Crippen LogP contribution in [-0.2, 0) is 0 Å². The molecule has 0 saturated carbocycles. The van der Waals surface area contributed by atoms with Crippen LogP contribution >= 0.6 is 0 Å². The zero-order chi connectivity index (χ0) is 29.0. The van der Waals surface area contributed by atoms with Gasteiger partial charge in [0, 0.05) is 24.2 Å². The second kappa shape index (κ2) is 20.7. The number of hydroxylamine groups is 6. The molecule has 0 rings (SSSR count). The summed E-state index contributed by atoms with van der Waals surface area (Å²) in [4.78, 5) is 31.1. The van der Waals surface area contributed by atoms with Gasteiger partial charge in [0.2, 0.25) is 0 Å². The molecule has 0 aliphatic carbocycles. The molecule has 0 unspecified atom stereocenters. The molecule has 36 heavy (non-hydrogen) atoms. The van der Waals surface area contributed by atoms with Gasteiger partial charge in [-0.2, -0.15) is 10.1 Å². The predicted molar refractivity (Wildman–Crippen MR) is 136 cm³/mol. The number of primary amides is 3. The van der Waals surface area contributed by atoms with Crippen LogP contribution in [-0.4, -0.2) is 67.5 Å².